The SMILES string of the molecule is CCN1CCC(CC(=O)N2CCC[C@@H](c3cc(=O)[nH]c(C)n3)C2)CC1. The number of aryl methyl sites for hydroxylation is 1. The van der Waals surface area contributed by atoms with Crippen LogP contribution in [0.2, 0.25) is 0 Å². The van der Waals surface area contributed by atoms with Gasteiger partial charge in [0.15, 0.2) is 0 Å². The quantitative estimate of drug-likeness (QED) is 0.904. The number of nitrogens with zero attached hydrogens (tertiary/aromatic N) is 3. The normalized spacial score (nSPS) is 23.0. The molecule has 1 atom stereocenters. The van der Waals surface area contributed by atoms with Gasteiger partial charge in [-0.2, -0.15) is 0 Å². The van der Waals surface area contributed by atoms with Crippen molar-refractivity contribution in [2.24, 2.45) is 5.92 Å². The van der Waals surface area contributed by atoms with E-state index in [4.69, 9.17) is 0 Å². The van der Waals surface area contributed by atoms with Gasteiger partial charge >= 0.3 is 0 Å². The third-order valence-electron chi connectivity index (χ3n) is 5.69. The average molecular weight is 346 g/mol. The Morgan fingerprint density at radius 2 is 2.04 bits per heavy atom. The molecule has 3 rings (SSSR count). The lowest BCUT2D eigenvalue weighted by atomic mass is 9.91. The fourth-order valence-corrected chi connectivity index (χ4v) is 4.14. The molecule has 138 valence electrons. The Morgan fingerprint density at radius 1 is 1.28 bits per heavy atom. The molecule has 6 nitrogen and oxygen atoms in total. The number of rotatable bonds is 4. The maximum absolute atomic E-state index is 12.8. The molecule has 1 aromatic rings. The molecular formula is C19H30N4O2. The Kier molecular flexibility index (Phi) is 5.89. The third kappa shape index (κ3) is 4.69. The summed E-state index contributed by atoms with van der Waals surface area (Å²) < 4.78 is 0. The zero-order valence-corrected chi connectivity index (χ0v) is 15.5. The van der Waals surface area contributed by atoms with E-state index in [0.717, 1.165) is 57.6 Å². The van der Waals surface area contributed by atoms with E-state index in [1.807, 2.05) is 4.90 Å². The second kappa shape index (κ2) is 8.13. The first-order valence-corrected chi connectivity index (χ1v) is 9.63. The van der Waals surface area contributed by atoms with E-state index in [1.165, 1.54) is 0 Å². The number of aromatic nitrogens is 2. The van der Waals surface area contributed by atoms with Crippen LogP contribution in [-0.2, 0) is 4.79 Å². The van der Waals surface area contributed by atoms with Crippen LogP contribution in [0.1, 0.15) is 56.5 Å². The Labute approximate surface area is 149 Å². The maximum atomic E-state index is 12.8. The van der Waals surface area contributed by atoms with Crippen molar-refractivity contribution in [2.45, 2.75) is 51.9 Å². The van der Waals surface area contributed by atoms with Crippen LogP contribution in [0.25, 0.3) is 0 Å². The molecule has 6 heteroatoms. The van der Waals surface area contributed by atoms with Crippen LogP contribution < -0.4 is 5.56 Å². The van der Waals surface area contributed by atoms with Crippen molar-refractivity contribution in [3.05, 3.63) is 27.9 Å². The number of carbonyl (C=O) groups excluding carboxylic acids is 1. The number of piperidine rings is 2. The second-order valence-electron chi connectivity index (χ2n) is 7.52. The van der Waals surface area contributed by atoms with E-state index in [2.05, 4.69) is 21.8 Å². The Morgan fingerprint density at radius 3 is 2.72 bits per heavy atom. The first-order valence-electron chi connectivity index (χ1n) is 9.63. The van der Waals surface area contributed by atoms with E-state index < -0.39 is 0 Å². The van der Waals surface area contributed by atoms with E-state index in [-0.39, 0.29) is 17.4 Å². The van der Waals surface area contributed by atoms with Gasteiger partial charge in [0.1, 0.15) is 5.82 Å². The number of aromatic amines is 1. The molecule has 1 aromatic heterocycles. The lowest BCUT2D eigenvalue weighted by Crippen LogP contribution is -2.41. The van der Waals surface area contributed by atoms with Crippen LogP contribution >= 0.6 is 0 Å². The first kappa shape index (κ1) is 18.1. The first-order chi connectivity index (χ1) is 12.0. The van der Waals surface area contributed by atoms with Gasteiger partial charge in [-0.3, -0.25) is 9.59 Å². The van der Waals surface area contributed by atoms with Crippen LogP contribution in [0.3, 0.4) is 0 Å². The molecule has 0 aliphatic carbocycles. The van der Waals surface area contributed by atoms with Crippen LogP contribution in [-0.4, -0.2) is 58.4 Å². The van der Waals surface area contributed by atoms with Gasteiger partial charge in [0, 0.05) is 31.5 Å². The summed E-state index contributed by atoms with van der Waals surface area (Å²) in [5.41, 5.74) is 0.726. The molecule has 1 amide bonds. The van der Waals surface area contributed by atoms with Crippen molar-refractivity contribution in [1.29, 1.82) is 0 Å². The fourth-order valence-electron chi connectivity index (χ4n) is 4.14. The van der Waals surface area contributed by atoms with Gasteiger partial charge in [-0.25, -0.2) is 4.98 Å². The van der Waals surface area contributed by atoms with Gasteiger partial charge in [-0.1, -0.05) is 6.92 Å². The highest BCUT2D eigenvalue weighted by Crippen LogP contribution is 2.27. The molecule has 1 N–H and O–H groups in total. The van der Waals surface area contributed by atoms with E-state index >= 15 is 0 Å². The topological polar surface area (TPSA) is 69.3 Å². The molecule has 2 aliphatic heterocycles. The largest absolute Gasteiger partial charge is 0.342 e. The summed E-state index contributed by atoms with van der Waals surface area (Å²) in [5.74, 6) is 1.63. The van der Waals surface area contributed by atoms with Crippen LogP contribution in [0.4, 0.5) is 0 Å². The minimum absolute atomic E-state index is 0.103. The van der Waals surface area contributed by atoms with Crippen LogP contribution in [0.5, 0.6) is 0 Å². The molecular weight excluding hydrogens is 316 g/mol. The fraction of sp³-hybridized carbons (Fsp3) is 0.737. The second-order valence-corrected chi connectivity index (χ2v) is 7.52. The monoisotopic (exact) mass is 346 g/mol. The van der Waals surface area contributed by atoms with Gasteiger partial charge < -0.3 is 14.8 Å². The van der Waals surface area contributed by atoms with Gasteiger partial charge in [0.2, 0.25) is 5.91 Å². The van der Waals surface area contributed by atoms with Crippen molar-refractivity contribution < 1.29 is 4.79 Å². The van der Waals surface area contributed by atoms with Crippen molar-refractivity contribution in [2.75, 3.05) is 32.7 Å². The number of hydrogen-bond donors (Lipinski definition) is 1. The molecule has 0 saturated carbocycles. The van der Waals surface area contributed by atoms with Crippen molar-refractivity contribution in [3.8, 4) is 0 Å². The molecule has 2 aliphatic rings. The molecule has 25 heavy (non-hydrogen) atoms. The van der Waals surface area contributed by atoms with E-state index in [9.17, 15) is 9.59 Å². The van der Waals surface area contributed by atoms with Crippen molar-refractivity contribution in [3.63, 3.8) is 0 Å². The number of nitrogens with one attached hydrogen (secondary N) is 1. The Balaban J connectivity index is 1.57. The number of H-pyrrole nitrogens is 1. The molecule has 2 fully saturated rings. The predicted octanol–water partition coefficient (Wildman–Crippen LogP) is 1.91. The molecule has 3 heterocycles. The molecule has 0 bridgehead atoms. The predicted molar refractivity (Wildman–Crippen MR) is 97.6 cm³/mol. The third-order valence-corrected chi connectivity index (χ3v) is 5.69. The van der Waals surface area contributed by atoms with E-state index in [1.54, 1.807) is 13.0 Å². The Hall–Kier alpha value is -1.69. The lowest BCUT2D eigenvalue weighted by Gasteiger charge is -2.35. The molecule has 0 radical (unpaired) electrons. The highest BCUT2D eigenvalue weighted by Gasteiger charge is 2.28. The summed E-state index contributed by atoms with van der Waals surface area (Å²) in [7, 11) is 0. The van der Waals surface area contributed by atoms with Gasteiger partial charge in [-0.05, 0) is 58.2 Å². The summed E-state index contributed by atoms with van der Waals surface area (Å²) in [6, 6.07) is 1.59. The van der Waals surface area contributed by atoms with Crippen LogP contribution in [0, 0.1) is 12.8 Å². The minimum Gasteiger partial charge on any atom is -0.342 e. The maximum Gasteiger partial charge on any atom is 0.251 e. The standard InChI is InChI=1S/C19H30N4O2/c1-3-22-9-6-15(7-10-22)11-19(25)23-8-4-5-16(13-23)17-12-18(24)21-14(2)20-17/h12,15-16H,3-11,13H2,1-2H3,(H,20,21,24)/t16-/m1/s1. The number of hydrogen-bond acceptors (Lipinski definition) is 4. The van der Waals surface area contributed by atoms with Crippen molar-refractivity contribution in [1.82, 2.24) is 19.8 Å². The zero-order valence-electron chi connectivity index (χ0n) is 15.5. The highest BCUT2D eigenvalue weighted by atomic mass is 16.2. The minimum atomic E-state index is -0.103. The molecule has 0 spiro atoms. The summed E-state index contributed by atoms with van der Waals surface area (Å²) in [6.45, 7) is 8.88. The van der Waals surface area contributed by atoms with E-state index in [0.29, 0.717) is 24.7 Å². The average Bonchev–Trinajstić information content (AvgIpc) is 2.61. The summed E-state index contributed by atoms with van der Waals surface area (Å²) in [6.07, 6.45) is 4.91. The number of carbonyl (C=O) groups is 1. The zero-order chi connectivity index (χ0) is 17.8. The van der Waals surface area contributed by atoms with Gasteiger partial charge in [0.05, 0.1) is 5.69 Å². The highest BCUT2D eigenvalue weighted by molar-refractivity contribution is 5.76. The summed E-state index contributed by atoms with van der Waals surface area (Å²) >= 11 is 0. The summed E-state index contributed by atoms with van der Waals surface area (Å²) in [4.78, 5) is 36.1. The smallest absolute Gasteiger partial charge is 0.251 e. The Bertz CT molecular complexity index is 649. The summed E-state index contributed by atoms with van der Waals surface area (Å²) in [5, 5.41) is 0. The lowest BCUT2D eigenvalue weighted by molar-refractivity contribution is -0.133. The van der Waals surface area contributed by atoms with Gasteiger partial charge in [0.25, 0.3) is 5.56 Å². The van der Waals surface area contributed by atoms with Gasteiger partial charge in [-0.15, -0.1) is 0 Å². The molecule has 0 aromatic carbocycles. The molecule has 2 saturated heterocycles. The van der Waals surface area contributed by atoms with Crippen LogP contribution in [0.15, 0.2) is 10.9 Å². The molecule has 0 unspecified atom stereocenters. The number of likely N-dealkylation sites (tertiary alicyclic amines) is 2. The van der Waals surface area contributed by atoms with Crippen molar-refractivity contribution >= 4 is 5.91 Å². The number of amides is 1.